The summed E-state index contributed by atoms with van der Waals surface area (Å²) in [5.41, 5.74) is 0.297. The second kappa shape index (κ2) is 8.63. The lowest BCUT2D eigenvalue weighted by atomic mass is 10.2. The molecule has 3 aromatic rings. The molecule has 0 aromatic heterocycles. The van der Waals surface area contributed by atoms with E-state index in [9.17, 15) is 13.2 Å². The molecule has 0 spiro atoms. The topological polar surface area (TPSA) is 72.5 Å². The van der Waals surface area contributed by atoms with Crippen LogP contribution in [0.1, 0.15) is 10.4 Å². The molecule has 150 valence electrons. The zero-order chi connectivity index (χ0) is 21.2. The Labute approximate surface area is 183 Å². The van der Waals surface area contributed by atoms with Crippen LogP contribution in [0.15, 0.2) is 65.6 Å². The molecule has 0 saturated carbocycles. The first-order valence-corrected chi connectivity index (χ1v) is 11.2. The minimum atomic E-state index is -3.50. The number of ether oxygens (including phenoxy) is 1. The van der Waals surface area contributed by atoms with Gasteiger partial charge in [-0.1, -0.05) is 34.8 Å². The van der Waals surface area contributed by atoms with E-state index in [0.717, 1.165) is 6.26 Å². The highest BCUT2D eigenvalue weighted by molar-refractivity contribution is 7.90. The fourth-order valence-electron chi connectivity index (χ4n) is 2.42. The van der Waals surface area contributed by atoms with Crippen LogP contribution >= 0.6 is 34.8 Å². The molecule has 3 aromatic carbocycles. The average molecular weight is 471 g/mol. The van der Waals surface area contributed by atoms with Crippen molar-refractivity contribution in [3.63, 3.8) is 0 Å². The van der Waals surface area contributed by atoms with Gasteiger partial charge in [0.2, 0.25) is 0 Å². The fourth-order valence-corrected chi connectivity index (χ4v) is 3.57. The summed E-state index contributed by atoms with van der Waals surface area (Å²) in [6.07, 6.45) is 1.05. The van der Waals surface area contributed by atoms with Crippen LogP contribution in [0, 0.1) is 0 Å². The van der Waals surface area contributed by atoms with Gasteiger partial charge in [-0.25, -0.2) is 8.42 Å². The average Bonchev–Trinajstić information content (AvgIpc) is 2.65. The van der Waals surface area contributed by atoms with Crippen molar-refractivity contribution < 1.29 is 17.9 Å². The lowest BCUT2D eigenvalue weighted by Gasteiger charge is -2.14. The van der Waals surface area contributed by atoms with Crippen molar-refractivity contribution in [2.45, 2.75) is 4.90 Å². The predicted octanol–water partition coefficient (Wildman–Crippen LogP) is 6.09. The van der Waals surface area contributed by atoms with Crippen molar-refractivity contribution in [3.05, 3.63) is 81.3 Å². The molecule has 0 heterocycles. The van der Waals surface area contributed by atoms with E-state index in [2.05, 4.69) is 5.32 Å². The van der Waals surface area contributed by atoms with Crippen LogP contribution in [0.5, 0.6) is 11.5 Å². The molecule has 0 aliphatic carbocycles. The molecule has 1 N–H and O–H groups in total. The molecular formula is C20H14Cl3NO4S. The third-order valence-corrected chi connectivity index (χ3v) is 5.77. The number of amides is 1. The molecular weight excluding hydrogens is 457 g/mol. The van der Waals surface area contributed by atoms with Gasteiger partial charge in [0, 0.05) is 16.3 Å². The Kier molecular flexibility index (Phi) is 6.39. The number of benzene rings is 3. The Morgan fingerprint density at radius 2 is 1.55 bits per heavy atom. The van der Waals surface area contributed by atoms with Gasteiger partial charge in [-0.3, -0.25) is 4.79 Å². The van der Waals surface area contributed by atoms with Crippen LogP contribution in [0.2, 0.25) is 15.1 Å². The summed E-state index contributed by atoms with van der Waals surface area (Å²) in [4.78, 5) is 12.8. The Bertz CT molecular complexity index is 1180. The van der Waals surface area contributed by atoms with E-state index in [-0.39, 0.29) is 15.5 Å². The Morgan fingerprint density at radius 3 is 2.21 bits per heavy atom. The molecule has 0 atom stereocenters. The molecule has 0 fully saturated rings. The van der Waals surface area contributed by atoms with Crippen LogP contribution in [-0.4, -0.2) is 20.6 Å². The Morgan fingerprint density at radius 1 is 0.897 bits per heavy atom. The molecule has 5 nitrogen and oxygen atoms in total. The number of rotatable bonds is 5. The lowest BCUT2D eigenvalue weighted by Crippen LogP contribution is -2.14. The second-order valence-corrected chi connectivity index (χ2v) is 9.36. The largest absolute Gasteiger partial charge is 0.455 e. The number of hydrogen-bond donors (Lipinski definition) is 1. The van der Waals surface area contributed by atoms with Gasteiger partial charge in [0.05, 0.1) is 21.2 Å². The van der Waals surface area contributed by atoms with Crippen LogP contribution in [0.25, 0.3) is 0 Å². The summed E-state index contributed by atoms with van der Waals surface area (Å²) in [5, 5.41) is 3.71. The zero-order valence-corrected chi connectivity index (χ0v) is 18.0. The normalized spacial score (nSPS) is 11.2. The van der Waals surface area contributed by atoms with Gasteiger partial charge in [0.15, 0.2) is 15.6 Å². The Hall–Kier alpha value is -2.25. The smallest absolute Gasteiger partial charge is 0.257 e. The van der Waals surface area contributed by atoms with Crippen LogP contribution in [0.3, 0.4) is 0 Å². The highest BCUT2D eigenvalue weighted by Crippen LogP contribution is 2.33. The summed E-state index contributed by atoms with van der Waals surface area (Å²) >= 11 is 18.0. The van der Waals surface area contributed by atoms with Crippen molar-refractivity contribution >= 4 is 56.2 Å². The molecule has 0 saturated heterocycles. The van der Waals surface area contributed by atoms with Crippen LogP contribution < -0.4 is 10.1 Å². The molecule has 1 amide bonds. The predicted molar refractivity (Wildman–Crippen MR) is 115 cm³/mol. The third kappa shape index (κ3) is 5.42. The highest BCUT2D eigenvalue weighted by Gasteiger charge is 2.17. The van der Waals surface area contributed by atoms with Crippen molar-refractivity contribution in [1.29, 1.82) is 0 Å². The minimum Gasteiger partial charge on any atom is -0.455 e. The van der Waals surface area contributed by atoms with E-state index < -0.39 is 15.7 Å². The number of nitrogens with one attached hydrogen (secondary N) is 1. The van der Waals surface area contributed by atoms with E-state index in [1.807, 2.05) is 0 Å². The SMILES string of the molecule is CS(=O)(=O)c1ccc(Cl)c(C(=O)Nc2cc(Cl)ccc2Oc2ccc(Cl)cc2)c1. The van der Waals surface area contributed by atoms with Crippen molar-refractivity contribution in [1.82, 2.24) is 0 Å². The lowest BCUT2D eigenvalue weighted by molar-refractivity contribution is 0.102. The monoisotopic (exact) mass is 469 g/mol. The maximum atomic E-state index is 12.8. The standard InChI is InChI=1S/C20H14Cl3NO4S/c1-29(26,27)15-7-8-17(23)16(11-15)20(25)24-18-10-13(22)4-9-19(18)28-14-5-2-12(21)3-6-14/h2-11H,1H3,(H,24,25). The molecule has 0 aliphatic rings. The fraction of sp³-hybridized carbons (Fsp3) is 0.0500. The Balaban J connectivity index is 1.93. The van der Waals surface area contributed by atoms with Crippen LogP contribution in [-0.2, 0) is 9.84 Å². The number of carbonyl (C=O) groups excluding carboxylic acids is 1. The molecule has 0 radical (unpaired) electrons. The number of hydrogen-bond acceptors (Lipinski definition) is 4. The first kappa shape index (κ1) is 21.5. The highest BCUT2D eigenvalue weighted by atomic mass is 35.5. The number of halogens is 3. The third-order valence-electron chi connectivity index (χ3n) is 3.84. The molecule has 0 aliphatic heterocycles. The van der Waals surface area contributed by atoms with Gasteiger partial charge in [0.1, 0.15) is 5.75 Å². The first-order valence-electron chi connectivity index (χ1n) is 8.17. The van der Waals surface area contributed by atoms with Gasteiger partial charge in [0.25, 0.3) is 5.91 Å². The zero-order valence-electron chi connectivity index (χ0n) is 14.9. The molecule has 0 unspecified atom stereocenters. The van der Waals surface area contributed by atoms with E-state index in [1.54, 1.807) is 36.4 Å². The summed E-state index contributed by atoms with van der Waals surface area (Å²) in [7, 11) is -3.50. The molecule has 29 heavy (non-hydrogen) atoms. The summed E-state index contributed by atoms with van der Waals surface area (Å²) in [6, 6.07) is 15.3. The van der Waals surface area contributed by atoms with E-state index in [0.29, 0.717) is 27.2 Å². The van der Waals surface area contributed by atoms with Crippen molar-refractivity contribution in [2.75, 3.05) is 11.6 Å². The van der Waals surface area contributed by atoms with Gasteiger partial charge < -0.3 is 10.1 Å². The summed E-state index contributed by atoms with van der Waals surface area (Å²) in [6.45, 7) is 0. The number of carbonyl (C=O) groups is 1. The first-order chi connectivity index (χ1) is 13.6. The maximum absolute atomic E-state index is 12.8. The number of anilines is 1. The van der Waals surface area contributed by atoms with E-state index in [1.165, 1.54) is 24.3 Å². The number of sulfone groups is 1. The summed E-state index contributed by atoms with van der Waals surface area (Å²) < 4.78 is 29.4. The molecule has 9 heteroatoms. The van der Waals surface area contributed by atoms with Crippen LogP contribution in [0.4, 0.5) is 5.69 Å². The van der Waals surface area contributed by atoms with Crippen molar-refractivity contribution in [2.24, 2.45) is 0 Å². The van der Waals surface area contributed by atoms with E-state index in [4.69, 9.17) is 39.5 Å². The van der Waals surface area contributed by atoms with Gasteiger partial charge >= 0.3 is 0 Å². The van der Waals surface area contributed by atoms with Gasteiger partial charge in [-0.2, -0.15) is 0 Å². The minimum absolute atomic E-state index is 0.00649. The summed E-state index contributed by atoms with van der Waals surface area (Å²) in [5.74, 6) is 0.230. The molecule has 3 rings (SSSR count). The molecule has 0 bridgehead atoms. The second-order valence-electron chi connectivity index (χ2n) is 6.06. The van der Waals surface area contributed by atoms with Gasteiger partial charge in [-0.15, -0.1) is 0 Å². The van der Waals surface area contributed by atoms with Crippen molar-refractivity contribution in [3.8, 4) is 11.5 Å². The van der Waals surface area contributed by atoms with E-state index >= 15 is 0 Å². The maximum Gasteiger partial charge on any atom is 0.257 e. The van der Waals surface area contributed by atoms with Gasteiger partial charge in [-0.05, 0) is 60.7 Å². The quantitative estimate of drug-likeness (QED) is 0.489.